The Bertz CT molecular complexity index is 543. The molecule has 1 aliphatic rings. The van der Waals surface area contributed by atoms with Crippen molar-refractivity contribution in [1.82, 2.24) is 15.1 Å². The molecule has 0 unspecified atom stereocenters. The molecule has 1 fully saturated rings. The van der Waals surface area contributed by atoms with Crippen molar-refractivity contribution in [2.45, 2.75) is 49.5 Å². The number of nitrogens with one attached hydrogen (secondary N) is 1. The van der Waals surface area contributed by atoms with E-state index in [1.807, 2.05) is 22.6 Å². The summed E-state index contributed by atoms with van der Waals surface area (Å²) < 4.78 is 1.97. The SMILES string of the molecule is CCn1cc(CSc2ccc(CNC3CC3)cc2)cn1. The molecular formula is C16H21N3S. The molecule has 1 heterocycles. The highest BCUT2D eigenvalue weighted by molar-refractivity contribution is 7.98. The molecule has 1 N–H and O–H groups in total. The van der Waals surface area contributed by atoms with Crippen LogP contribution in [0.4, 0.5) is 0 Å². The number of benzene rings is 1. The van der Waals surface area contributed by atoms with Crippen LogP contribution in [0.5, 0.6) is 0 Å². The van der Waals surface area contributed by atoms with Crippen LogP contribution in [0.1, 0.15) is 30.9 Å². The number of nitrogens with zero attached hydrogens (tertiary/aromatic N) is 2. The van der Waals surface area contributed by atoms with E-state index in [0.29, 0.717) is 0 Å². The zero-order chi connectivity index (χ0) is 13.8. The first-order valence-electron chi connectivity index (χ1n) is 7.30. The topological polar surface area (TPSA) is 29.9 Å². The summed E-state index contributed by atoms with van der Waals surface area (Å²) in [5.74, 6) is 0.986. The molecule has 1 aliphatic carbocycles. The summed E-state index contributed by atoms with van der Waals surface area (Å²) in [6, 6.07) is 9.68. The highest BCUT2D eigenvalue weighted by Gasteiger charge is 2.19. The first-order valence-corrected chi connectivity index (χ1v) is 8.28. The van der Waals surface area contributed by atoms with E-state index in [4.69, 9.17) is 0 Å². The fourth-order valence-corrected chi connectivity index (χ4v) is 2.88. The predicted octanol–water partition coefficient (Wildman–Crippen LogP) is 3.45. The second kappa shape index (κ2) is 6.46. The van der Waals surface area contributed by atoms with Crippen LogP contribution in [0.2, 0.25) is 0 Å². The molecule has 0 radical (unpaired) electrons. The molecule has 0 amide bonds. The van der Waals surface area contributed by atoms with Gasteiger partial charge in [0.1, 0.15) is 0 Å². The van der Waals surface area contributed by atoms with Gasteiger partial charge >= 0.3 is 0 Å². The van der Waals surface area contributed by atoms with E-state index in [9.17, 15) is 0 Å². The third kappa shape index (κ3) is 3.87. The summed E-state index contributed by atoms with van der Waals surface area (Å²) >= 11 is 1.87. The Morgan fingerprint density at radius 1 is 1.25 bits per heavy atom. The average molecular weight is 287 g/mol. The largest absolute Gasteiger partial charge is 0.310 e. The minimum atomic E-state index is 0.777. The van der Waals surface area contributed by atoms with Crippen LogP contribution >= 0.6 is 11.8 Å². The summed E-state index contributed by atoms with van der Waals surface area (Å²) in [6.07, 6.45) is 6.78. The summed E-state index contributed by atoms with van der Waals surface area (Å²) in [4.78, 5) is 1.32. The zero-order valence-electron chi connectivity index (χ0n) is 11.9. The lowest BCUT2D eigenvalue weighted by atomic mass is 10.2. The van der Waals surface area contributed by atoms with Gasteiger partial charge in [0.2, 0.25) is 0 Å². The van der Waals surface area contributed by atoms with Gasteiger partial charge in [0.05, 0.1) is 6.20 Å². The molecule has 0 atom stereocenters. The van der Waals surface area contributed by atoms with E-state index in [1.165, 1.54) is 28.9 Å². The van der Waals surface area contributed by atoms with Crippen molar-refractivity contribution in [2.24, 2.45) is 0 Å². The minimum Gasteiger partial charge on any atom is -0.310 e. The number of aryl methyl sites for hydroxylation is 1. The average Bonchev–Trinajstić information content (AvgIpc) is 3.21. The van der Waals surface area contributed by atoms with E-state index in [1.54, 1.807) is 0 Å². The number of hydrogen-bond acceptors (Lipinski definition) is 3. The van der Waals surface area contributed by atoms with Crippen molar-refractivity contribution in [3.8, 4) is 0 Å². The third-order valence-electron chi connectivity index (χ3n) is 3.51. The minimum absolute atomic E-state index is 0.777. The van der Waals surface area contributed by atoms with Crippen molar-refractivity contribution in [3.63, 3.8) is 0 Å². The lowest BCUT2D eigenvalue weighted by Gasteiger charge is -2.04. The molecule has 2 aromatic rings. The molecule has 4 heteroatoms. The molecule has 0 spiro atoms. The summed E-state index contributed by atoms with van der Waals surface area (Å²) in [6.45, 7) is 4.05. The van der Waals surface area contributed by atoms with Crippen LogP contribution in [0.25, 0.3) is 0 Å². The molecule has 106 valence electrons. The van der Waals surface area contributed by atoms with Gasteiger partial charge in [0.25, 0.3) is 0 Å². The van der Waals surface area contributed by atoms with Gasteiger partial charge in [-0.2, -0.15) is 5.10 Å². The molecule has 1 aromatic carbocycles. The van der Waals surface area contributed by atoms with Gasteiger partial charge in [-0.15, -0.1) is 11.8 Å². The van der Waals surface area contributed by atoms with Crippen molar-refractivity contribution in [3.05, 3.63) is 47.8 Å². The van der Waals surface area contributed by atoms with E-state index >= 15 is 0 Å². The van der Waals surface area contributed by atoms with Crippen LogP contribution in [-0.2, 0) is 18.8 Å². The van der Waals surface area contributed by atoms with Crippen LogP contribution in [0, 0.1) is 0 Å². The van der Waals surface area contributed by atoms with Crippen LogP contribution in [0.3, 0.4) is 0 Å². The van der Waals surface area contributed by atoms with Gasteiger partial charge in [-0.1, -0.05) is 12.1 Å². The monoisotopic (exact) mass is 287 g/mol. The standard InChI is InChI=1S/C16H21N3S/c1-2-19-11-14(10-18-19)12-20-16-7-3-13(4-8-16)9-17-15-5-6-15/h3-4,7-8,10-11,15,17H,2,5-6,9,12H2,1H3. The predicted molar refractivity (Wildman–Crippen MR) is 83.8 cm³/mol. The van der Waals surface area contributed by atoms with E-state index in [-0.39, 0.29) is 0 Å². The molecule has 0 bridgehead atoms. The molecule has 1 saturated carbocycles. The van der Waals surface area contributed by atoms with Gasteiger partial charge in [-0.05, 0) is 37.5 Å². The number of thioether (sulfide) groups is 1. The molecule has 3 rings (SSSR count). The lowest BCUT2D eigenvalue weighted by molar-refractivity contribution is 0.659. The third-order valence-corrected chi connectivity index (χ3v) is 4.59. The van der Waals surface area contributed by atoms with Crippen molar-refractivity contribution >= 4 is 11.8 Å². The summed E-state index contributed by atoms with van der Waals surface area (Å²) in [5, 5.41) is 7.84. The molecule has 0 aliphatic heterocycles. The first kappa shape index (κ1) is 13.7. The van der Waals surface area contributed by atoms with Gasteiger partial charge in [0.15, 0.2) is 0 Å². The quantitative estimate of drug-likeness (QED) is 0.791. The van der Waals surface area contributed by atoms with Gasteiger partial charge in [0, 0.05) is 41.5 Å². The second-order valence-electron chi connectivity index (χ2n) is 5.29. The van der Waals surface area contributed by atoms with Gasteiger partial charge in [-0.3, -0.25) is 4.68 Å². The van der Waals surface area contributed by atoms with Gasteiger partial charge in [-0.25, -0.2) is 0 Å². The molecule has 3 nitrogen and oxygen atoms in total. The first-order chi connectivity index (χ1) is 9.83. The Labute approximate surface area is 124 Å². The molecular weight excluding hydrogens is 266 g/mol. The number of aromatic nitrogens is 2. The molecule has 0 saturated heterocycles. The highest BCUT2D eigenvalue weighted by Crippen LogP contribution is 2.23. The smallest absolute Gasteiger partial charge is 0.0530 e. The molecule has 20 heavy (non-hydrogen) atoms. The number of hydrogen-bond donors (Lipinski definition) is 1. The van der Waals surface area contributed by atoms with Crippen LogP contribution in [-0.4, -0.2) is 15.8 Å². The highest BCUT2D eigenvalue weighted by atomic mass is 32.2. The Morgan fingerprint density at radius 3 is 2.70 bits per heavy atom. The fourth-order valence-electron chi connectivity index (χ4n) is 2.07. The van der Waals surface area contributed by atoms with Crippen molar-refractivity contribution in [1.29, 1.82) is 0 Å². The van der Waals surface area contributed by atoms with Crippen molar-refractivity contribution < 1.29 is 0 Å². The van der Waals surface area contributed by atoms with Gasteiger partial charge < -0.3 is 5.32 Å². The molecule has 1 aromatic heterocycles. The summed E-state index contributed by atoms with van der Waals surface area (Å²) in [7, 11) is 0. The Hall–Kier alpha value is -1.26. The normalized spacial score (nSPS) is 14.7. The fraction of sp³-hybridized carbons (Fsp3) is 0.438. The van der Waals surface area contributed by atoms with Crippen LogP contribution in [0.15, 0.2) is 41.6 Å². The van der Waals surface area contributed by atoms with E-state index in [0.717, 1.165) is 24.9 Å². The maximum atomic E-state index is 4.30. The maximum Gasteiger partial charge on any atom is 0.0530 e. The Balaban J connectivity index is 1.49. The number of rotatable bonds is 7. The maximum absolute atomic E-state index is 4.30. The van der Waals surface area contributed by atoms with E-state index in [2.05, 4.69) is 47.8 Å². The van der Waals surface area contributed by atoms with Crippen LogP contribution < -0.4 is 5.32 Å². The lowest BCUT2D eigenvalue weighted by Crippen LogP contribution is -2.14. The second-order valence-corrected chi connectivity index (χ2v) is 6.34. The van der Waals surface area contributed by atoms with E-state index < -0.39 is 0 Å². The Kier molecular flexibility index (Phi) is 4.43. The van der Waals surface area contributed by atoms with Crippen molar-refractivity contribution in [2.75, 3.05) is 0 Å². The summed E-state index contributed by atoms with van der Waals surface area (Å²) in [5.41, 5.74) is 2.66. The zero-order valence-corrected chi connectivity index (χ0v) is 12.7. The Morgan fingerprint density at radius 2 is 2.05 bits per heavy atom.